The van der Waals surface area contributed by atoms with Gasteiger partial charge in [0.25, 0.3) is 0 Å². The van der Waals surface area contributed by atoms with Gasteiger partial charge in [-0.15, -0.1) is 0 Å². The Hall–Kier alpha value is -2.73. The Balaban J connectivity index is 1.83. The van der Waals surface area contributed by atoms with Gasteiger partial charge in [0, 0.05) is 46.6 Å². The number of halogens is 3. The summed E-state index contributed by atoms with van der Waals surface area (Å²) in [4.78, 5) is 28.8. The van der Waals surface area contributed by atoms with Crippen LogP contribution < -0.4 is 10.1 Å². The Morgan fingerprint density at radius 1 is 0.895 bits per heavy atom. The number of nitrogens with zero attached hydrogens (tertiary/aromatic N) is 1. The fourth-order valence-corrected chi connectivity index (χ4v) is 4.56. The molecule has 3 aromatic carbocycles. The predicted octanol–water partition coefficient (Wildman–Crippen LogP) is 7.22. The lowest BCUT2D eigenvalue weighted by atomic mass is 10.0. The van der Waals surface area contributed by atoms with E-state index in [0.717, 1.165) is 5.56 Å². The van der Waals surface area contributed by atoms with Gasteiger partial charge >= 0.3 is 0 Å². The van der Waals surface area contributed by atoms with E-state index in [1.807, 2.05) is 44.2 Å². The summed E-state index contributed by atoms with van der Waals surface area (Å²) in [5, 5.41) is 4.53. The van der Waals surface area contributed by atoms with Crippen molar-refractivity contribution in [1.82, 2.24) is 10.2 Å². The number of hydrogen-bond donors (Lipinski definition) is 1. The predicted molar refractivity (Wildman–Crippen MR) is 155 cm³/mol. The van der Waals surface area contributed by atoms with Crippen LogP contribution in [0.2, 0.25) is 15.1 Å². The molecule has 0 aliphatic carbocycles. The van der Waals surface area contributed by atoms with Crippen LogP contribution in [0, 0.1) is 5.92 Å². The normalized spacial score (nSPS) is 11.7. The number of ether oxygens (including phenoxy) is 1. The van der Waals surface area contributed by atoms with Gasteiger partial charge in [-0.25, -0.2) is 0 Å². The average molecular weight is 576 g/mol. The van der Waals surface area contributed by atoms with Crippen molar-refractivity contribution in [2.45, 2.75) is 45.7 Å². The van der Waals surface area contributed by atoms with Gasteiger partial charge in [0.15, 0.2) is 0 Å². The van der Waals surface area contributed by atoms with Crippen LogP contribution in [-0.2, 0) is 22.6 Å². The van der Waals surface area contributed by atoms with Crippen LogP contribution in [0.3, 0.4) is 0 Å². The number of carbonyl (C=O) groups is 2. The second-order valence-corrected chi connectivity index (χ2v) is 10.7. The lowest BCUT2D eigenvalue weighted by Gasteiger charge is -2.32. The van der Waals surface area contributed by atoms with Crippen LogP contribution in [0.15, 0.2) is 72.8 Å². The Labute approximate surface area is 240 Å². The third-order valence-corrected chi connectivity index (χ3v) is 6.92. The minimum absolute atomic E-state index is 0.113. The van der Waals surface area contributed by atoms with E-state index in [0.29, 0.717) is 52.4 Å². The average Bonchev–Trinajstić information content (AvgIpc) is 2.90. The maximum Gasteiger partial charge on any atom is 0.243 e. The standard InChI is InChI=1S/C30H33Cl3N2O3/c1-21(2)19-34-30(37)28(18-22-8-4-3-5-9-22)35(20-25-26(32)10-6-11-27(25)33)29(36)12-7-17-38-24-15-13-23(31)14-16-24/h3-6,8-11,13-16,21,28H,7,12,17-20H2,1-2H3,(H,34,37). The zero-order valence-electron chi connectivity index (χ0n) is 21.6. The topological polar surface area (TPSA) is 58.6 Å². The Kier molecular flexibility index (Phi) is 11.8. The molecule has 2 amide bonds. The van der Waals surface area contributed by atoms with Crippen LogP contribution in [0.5, 0.6) is 5.75 Å². The second-order valence-electron chi connectivity index (χ2n) is 9.47. The van der Waals surface area contributed by atoms with Crippen LogP contribution in [-0.4, -0.2) is 35.9 Å². The van der Waals surface area contributed by atoms with Crippen molar-refractivity contribution in [1.29, 1.82) is 0 Å². The highest BCUT2D eigenvalue weighted by atomic mass is 35.5. The minimum Gasteiger partial charge on any atom is -0.494 e. The number of carbonyl (C=O) groups excluding carboxylic acids is 2. The Morgan fingerprint density at radius 2 is 1.55 bits per heavy atom. The summed E-state index contributed by atoms with van der Waals surface area (Å²) in [6.45, 7) is 5.02. The van der Waals surface area contributed by atoms with E-state index >= 15 is 0 Å². The van der Waals surface area contributed by atoms with Gasteiger partial charge in [-0.2, -0.15) is 0 Å². The molecule has 1 N–H and O–H groups in total. The quantitative estimate of drug-likeness (QED) is 0.219. The summed E-state index contributed by atoms with van der Waals surface area (Å²) in [7, 11) is 0. The molecule has 1 atom stereocenters. The molecule has 0 radical (unpaired) electrons. The molecule has 38 heavy (non-hydrogen) atoms. The minimum atomic E-state index is -0.742. The lowest BCUT2D eigenvalue weighted by Crippen LogP contribution is -2.51. The van der Waals surface area contributed by atoms with Gasteiger partial charge in [0.2, 0.25) is 11.8 Å². The van der Waals surface area contributed by atoms with Crippen molar-refractivity contribution in [2.75, 3.05) is 13.2 Å². The molecule has 1 unspecified atom stereocenters. The zero-order chi connectivity index (χ0) is 27.5. The highest BCUT2D eigenvalue weighted by molar-refractivity contribution is 6.36. The van der Waals surface area contributed by atoms with E-state index in [9.17, 15) is 9.59 Å². The summed E-state index contributed by atoms with van der Waals surface area (Å²) in [5.41, 5.74) is 1.56. The number of nitrogens with one attached hydrogen (secondary N) is 1. The first-order valence-electron chi connectivity index (χ1n) is 12.7. The van der Waals surface area contributed by atoms with E-state index in [2.05, 4.69) is 5.32 Å². The fourth-order valence-electron chi connectivity index (χ4n) is 3.92. The lowest BCUT2D eigenvalue weighted by molar-refractivity contribution is -0.141. The molecule has 0 spiro atoms. The van der Waals surface area contributed by atoms with Crippen LogP contribution in [0.1, 0.15) is 37.8 Å². The highest BCUT2D eigenvalue weighted by Gasteiger charge is 2.31. The smallest absolute Gasteiger partial charge is 0.243 e. The van der Waals surface area contributed by atoms with Crippen molar-refractivity contribution >= 4 is 46.6 Å². The van der Waals surface area contributed by atoms with Gasteiger partial charge < -0.3 is 15.0 Å². The van der Waals surface area contributed by atoms with E-state index in [-0.39, 0.29) is 30.7 Å². The van der Waals surface area contributed by atoms with Crippen molar-refractivity contribution in [3.05, 3.63) is 99.0 Å². The van der Waals surface area contributed by atoms with E-state index < -0.39 is 6.04 Å². The number of benzene rings is 3. The summed E-state index contributed by atoms with van der Waals surface area (Å²) in [6.07, 6.45) is 1.03. The van der Waals surface area contributed by atoms with Crippen molar-refractivity contribution in [2.24, 2.45) is 5.92 Å². The molecule has 3 aromatic rings. The van der Waals surface area contributed by atoms with Crippen LogP contribution in [0.25, 0.3) is 0 Å². The largest absolute Gasteiger partial charge is 0.494 e. The van der Waals surface area contributed by atoms with Gasteiger partial charge in [-0.05, 0) is 54.3 Å². The molecule has 0 aliphatic heterocycles. The van der Waals surface area contributed by atoms with Crippen LogP contribution >= 0.6 is 34.8 Å². The summed E-state index contributed by atoms with van der Waals surface area (Å²) in [6, 6.07) is 21.2. The molecular formula is C30H33Cl3N2O3. The summed E-state index contributed by atoms with van der Waals surface area (Å²) < 4.78 is 5.77. The number of hydrogen-bond acceptors (Lipinski definition) is 3. The fraction of sp³-hybridized carbons (Fsp3) is 0.333. The van der Waals surface area contributed by atoms with Gasteiger partial charge in [-0.1, -0.05) is 85.0 Å². The molecule has 0 fully saturated rings. The third kappa shape index (κ3) is 9.23. The van der Waals surface area contributed by atoms with Crippen molar-refractivity contribution < 1.29 is 14.3 Å². The SMILES string of the molecule is CC(C)CNC(=O)C(Cc1ccccc1)N(Cc1c(Cl)cccc1Cl)C(=O)CCCOc1ccc(Cl)cc1. The molecule has 0 heterocycles. The van der Waals surface area contributed by atoms with Gasteiger partial charge in [0.1, 0.15) is 11.8 Å². The maximum absolute atomic E-state index is 13.7. The monoisotopic (exact) mass is 574 g/mol. The van der Waals surface area contributed by atoms with Crippen molar-refractivity contribution in [3.8, 4) is 5.75 Å². The number of amides is 2. The summed E-state index contributed by atoms with van der Waals surface area (Å²) >= 11 is 18.9. The Morgan fingerprint density at radius 3 is 2.18 bits per heavy atom. The molecule has 5 nitrogen and oxygen atoms in total. The Bertz CT molecular complexity index is 1170. The van der Waals surface area contributed by atoms with Gasteiger partial charge in [0.05, 0.1) is 6.61 Å². The first kappa shape index (κ1) is 29.8. The first-order valence-corrected chi connectivity index (χ1v) is 13.8. The summed E-state index contributed by atoms with van der Waals surface area (Å²) in [5.74, 6) is 0.554. The van der Waals surface area contributed by atoms with Crippen LogP contribution in [0.4, 0.5) is 0 Å². The molecule has 202 valence electrons. The molecule has 8 heteroatoms. The van der Waals surface area contributed by atoms with E-state index in [1.165, 1.54) is 0 Å². The van der Waals surface area contributed by atoms with Crippen molar-refractivity contribution in [3.63, 3.8) is 0 Å². The van der Waals surface area contributed by atoms with E-state index in [1.54, 1.807) is 47.4 Å². The van der Waals surface area contributed by atoms with E-state index in [4.69, 9.17) is 39.5 Å². The molecule has 3 rings (SSSR count). The first-order chi connectivity index (χ1) is 18.2. The molecule has 0 saturated heterocycles. The molecule has 0 saturated carbocycles. The molecular weight excluding hydrogens is 543 g/mol. The molecule has 0 aliphatic rings. The third-order valence-electron chi connectivity index (χ3n) is 5.96. The molecule has 0 bridgehead atoms. The molecule has 0 aromatic heterocycles. The highest BCUT2D eigenvalue weighted by Crippen LogP contribution is 2.27. The number of rotatable bonds is 13. The van der Waals surface area contributed by atoms with Gasteiger partial charge in [-0.3, -0.25) is 9.59 Å². The second kappa shape index (κ2) is 15.0. The zero-order valence-corrected chi connectivity index (χ0v) is 23.9. The maximum atomic E-state index is 13.7.